The van der Waals surface area contributed by atoms with Gasteiger partial charge >= 0.3 is 0 Å². The van der Waals surface area contributed by atoms with Crippen LogP contribution >= 0.6 is 11.9 Å². The topological polar surface area (TPSA) is 78.3 Å². The van der Waals surface area contributed by atoms with Gasteiger partial charge in [0, 0.05) is 28.5 Å². The number of fused-ring (bicyclic) bond motifs is 1. The van der Waals surface area contributed by atoms with Crippen LogP contribution in [0.25, 0.3) is 22.0 Å². The average molecular weight is 511 g/mol. The molecule has 5 rings (SSSR count). The quantitative estimate of drug-likeness (QED) is 0.293. The zero-order valence-electron chi connectivity index (χ0n) is 21.3. The van der Waals surface area contributed by atoms with Crippen LogP contribution in [-0.4, -0.2) is 30.0 Å². The van der Waals surface area contributed by atoms with E-state index in [9.17, 15) is 10.1 Å². The summed E-state index contributed by atoms with van der Waals surface area (Å²) in [6, 6.07) is 23.4. The molecule has 0 atom stereocenters. The second kappa shape index (κ2) is 12.4. The van der Waals surface area contributed by atoms with Crippen LogP contribution in [0.15, 0.2) is 72.9 Å². The fourth-order valence-electron chi connectivity index (χ4n) is 4.04. The largest absolute Gasteiger partial charge is 0.367 e. The highest BCUT2D eigenvalue weighted by Gasteiger charge is 2.18. The molecule has 0 aliphatic carbocycles. The Morgan fingerprint density at radius 1 is 1.14 bits per heavy atom. The van der Waals surface area contributed by atoms with Crippen molar-refractivity contribution in [2.24, 2.45) is 0 Å². The molecule has 4 aromatic rings. The number of nitrogens with one attached hydrogen (secondary N) is 1. The molecule has 0 radical (unpaired) electrons. The summed E-state index contributed by atoms with van der Waals surface area (Å²) < 4.78 is 7.45. The summed E-state index contributed by atoms with van der Waals surface area (Å²) in [6.07, 6.45) is 3.05. The van der Waals surface area contributed by atoms with Crippen molar-refractivity contribution >= 4 is 40.0 Å². The van der Waals surface area contributed by atoms with Gasteiger partial charge in [0.05, 0.1) is 30.0 Å². The molecule has 37 heavy (non-hydrogen) atoms. The lowest BCUT2D eigenvalue weighted by atomic mass is 9.99. The van der Waals surface area contributed by atoms with Crippen molar-refractivity contribution in [2.75, 3.05) is 28.7 Å². The van der Waals surface area contributed by atoms with E-state index in [1.807, 2.05) is 49.4 Å². The summed E-state index contributed by atoms with van der Waals surface area (Å²) in [6.45, 7) is 7.65. The second-order valence-electron chi connectivity index (χ2n) is 8.67. The van der Waals surface area contributed by atoms with Crippen LogP contribution in [0.3, 0.4) is 0 Å². The van der Waals surface area contributed by atoms with Crippen molar-refractivity contribution in [2.45, 2.75) is 27.2 Å². The predicted molar refractivity (Wildman–Crippen MR) is 153 cm³/mol. The fraction of sp³-hybridized carbons (Fsp3) is 0.233. The summed E-state index contributed by atoms with van der Waals surface area (Å²) in [5, 5.41) is 14.8. The third kappa shape index (κ3) is 6.11. The first-order chi connectivity index (χ1) is 18.0. The molecule has 1 aliphatic heterocycles. The van der Waals surface area contributed by atoms with Crippen molar-refractivity contribution < 1.29 is 9.53 Å². The molecule has 0 saturated carbocycles. The molecule has 7 heteroatoms. The summed E-state index contributed by atoms with van der Waals surface area (Å²) in [5.41, 5.74) is 5.11. The molecular formula is C30H30N4O2S. The fourth-order valence-corrected chi connectivity index (χ4v) is 4.83. The number of aryl methyl sites for hydroxylation is 1. The number of hydrogen-bond acceptors (Lipinski definition) is 6. The minimum atomic E-state index is -0.321. The van der Waals surface area contributed by atoms with Crippen molar-refractivity contribution in [1.82, 2.24) is 4.98 Å². The Kier molecular flexibility index (Phi) is 8.78. The van der Waals surface area contributed by atoms with E-state index < -0.39 is 0 Å². The lowest BCUT2D eigenvalue weighted by Crippen LogP contribution is -2.26. The standard InChI is InChI=1S/C27H22N4O2S.C3H8/c1-18-6-7-21(15-25(18)26-23-5-3-2-4-19(23)10-11-29-26)30-27(32)24-9-8-22(14-20(24)16-28)31-12-13-33-17-34-31;1-3-2/h2-11,14-15H,12-13,17H2,1H3,(H,30,32);3H2,1-2H3. The molecule has 1 aromatic heterocycles. The van der Waals surface area contributed by atoms with E-state index in [0.29, 0.717) is 29.4 Å². The maximum atomic E-state index is 13.1. The van der Waals surface area contributed by atoms with E-state index in [0.717, 1.165) is 39.8 Å². The number of rotatable bonds is 4. The molecule has 1 fully saturated rings. The van der Waals surface area contributed by atoms with E-state index in [-0.39, 0.29) is 5.91 Å². The van der Waals surface area contributed by atoms with E-state index >= 15 is 0 Å². The van der Waals surface area contributed by atoms with Crippen LogP contribution in [-0.2, 0) is 4.74 Å². The van der Waals surface area contributed by atoms with Crippen LogP contribution < -0.4 is 9.62 Å². The van der Waals surface area contributed by atoms with E-state index in [1.54, 1.807) is 30.3 Å². The van der Waals surface area contributed by atoms with Crippen LogP contribution in [0.2, 0.25) is 0 Å². The van der Waals surface area contributed by atoms with Crippen LogP contribution in [0.1, 0.15) is 41.8 Å². The van der Waals surface area contributed by atoms with E-state index in [2.05, 4.69) is 46.7 Å². The van der Waals surface area contributed by atoms with Gasteiger partial charge in [0.1, 0.15) is 12.0 Å². The van der Waals surface area contributed by atoms with Gasteiger partial charge in [0.15, 0.2) is 0 Å². The Bertz CT molecular complexity index is 1440. The van der Waals surface area contributed by atoms with E-state index in [1.165, 1.54) is 6.42 Å². The number of nitrogens with zero attached hydrogens (tertiary/aromatic N) is 3. The van der Waals surface area contributed by atoms with Gasteiger partial charge in [-0.1, -0.05) is 50.6 Å². The zero-order valence-corrected chi connectivity index (χ0v) is 22.1. The van der Waals surface area contributed by atoms with E-state index in [4.69, 9.17) is 4.74 Å². The Hall–Kier alpha value is -3.86. The Morgan fingerprint density at radius 3 is 2.70 bits per heavy atom. The molecule has 1 N–H and O–H groups in total. The van der Waals surface area contributed by atoms with Crippen molar-refractivity contribution in [3.8, 4) is 17.3 Å². The van der Waals surface area contributed by atoms with Crippen molar-refractivity contribution in [3.05, 3.63) is 89.6 Å². The number of carbonyl (C=O) groups excluding carboxylic acids is 1. The Labute approximate surface area is 222 Å². The van der Waals surface area contributed by atoms with Crippen molar-refractivity contribution in [1.29, 1.82) is 5.26 Å². The van der Waals surface area contributed by atoms with Gasteiger partial charge < -0.3 is 14.4 Å². The number of pyridine rings is 1. The molecular weight excluding hydrogens is 480 g/mol. The van der Waals surface area contributed by atoms with Crippen molar-refractivity contribution in [3.63, 3.8) is 0 Å². The minimum Gasteiger partial charge on any atom is -0.367 e. The molecule has 1 amide bonds. The average Bonchev–Trinajstić information content (AvgIpc) is 2.94. The first kappa shape index (κ1) is 26.2. The summed E-state index contributed by atoms with van der Waals surface area (Å²) >= 11 is 1.55. The minimum absolute atomic E-state index is 0.321. The molecule has 1 saturated heterocycles. The zero-order chi connectivity index (χ0) is 26.2. The number of amides is 1. The SMILES string of the molecule is CCC.Cc1ccc(NC(=O)c2ccc(N3CCOCS3)cc2C#N)cc1-c1nccc2ccccc12. The lowest BCUT2D eigenvalue weighted by molar-refractivity contribution is 0.102. The highest BCUT2D eigenvalue weighted by Crippen LogP contribution is 2.31. The normalized spacial score (nSPS) is 12.9. The maximum Gasteiger partial charge on any atom is 0.257 e. The van der Waals surface area contributed by atoms with Gasteiger partial charge in [-0.25, -0.2) is 0 Å². The first-order valence-electron chi connectivity index (χ1n) is 12.3. The second-order valence-corrected chi connectivity index (χ2v) is 9.61. The number of ether oxygens (including phenoxy) is 1. The number of carbonyl (C=O) groups is 1. The Balaban J connectivity index is 0.00000102. The molecule has 2 heterocycles. The van der Waals surface area contributed by atoms with Crippen LogP contribution in [0.4, 0.5) is 11.4 Å². The molecule has 188 valence electrons. The molecule has 0 unspecified atom stereocenters. The highest BCUT2D eigenvalue weighted by atomic mass is 32.2. The van der Waals surface area contributed by atoms with Crippen LogP contribution in [0, 0.1) is 18.3 Å². The van der Waals surface area contributed by atoms with Gasteiger partial charge in [-0.15, -0.1) is 0 Å². The smallest absolute Gasteiger partial charge is 0.257 e. The van der Waals surface area contributed by atoms with Gasteiger partial charge in [0.25, 0.3) is 5.91 Å². The molecule has 1 aliphatic rings. The van der Waals surface area contributed by atoms with Gasteiger partial charge in [-0.2, -0.15) is 5.26 Å². The van der Waals surface area contributed by atoms with Crippen LogP contribution in [0.5, 0.6) is 0 Å². The summed E-state index contributed by atoms with van der Waals surface area (Å²) in [4.78, 5) is 17.7. The summed E-state index contributed by atoms with van der Waals surface area (Å²) in [5.74, 6) is 0.254. The molecule has 0 bridgehead atoms. The summed E-state index contributed by atoms with van der Waals surface area (Å²) in [7, 11) is 0. The Morgan fingerprint density at radius 2 is 1.95 bits per heavy atom. The third-order valence-electron chi connectivity index (χ3n) is 5.81. The molecule has 3 aromatic carbocycles. The number of anilines is 2. The van der Waals surface area contributed by atoms with Gasteiger partial charge in [-0.3, -0.25) is 9.78 Å². The van der Waals surface area contributed by atoms with Gasteiger partial charge in [0.2, 0.25) is 0 Å². The monoisotopic (exact) mass is 510 g/mol. The number of benzene rings is 3. The number of hydrogen-bond donors (Lipinski definition) is 1. The highest BCUT2D eigenvalue weighted by molar-refractivity contribution is 8.00. The van der Waals surface area contributed by atoms with Gasteiger partial charge in [-0.05, 0) is 66.2 Å². The lowest BCUT2D eigenvalue weighted by Gasteiger charge is -2.27. The predicted octanol–water partition coefficient (Wildman–Crippen LogP) is 7.19. The number of nitriles is 1. The first-order valence-corrected chi connectivity index (χ1v) is 13.3. The number of aromatic nitrogens is 1. The molecule has 6 nitrogen and oxygen atoms in total. The maximum absolute atomic E-state index is 13.1. The molecule has 0 spiro atoms. The third-order valence-corrected chi connectivity index (χ3v) is 6.79.